The predicted molar refractivity (Wildman–Crippen MR) is 138 cm³/mol. The lowest BCUT2D eigenvalue weighted by Crippen LogP contribution is -2.35. The van der Waals surface area contributed by atoms with Crippen LogP contribution in [0.5, 0.6) is 11.5 Å². The molecule has 0 radical (unpaired) electrons. The number of anilines is 3. The van der Waals surface area contributed by atoms with E-state index in [0.717, 1.165) is 53.9 Å². The summed E-state index contributed by atoms with van der Waals surface area (Å²) < 4.78 is 11.6. The SMILES string of the molecule is COc1cc(Nc2ncc3c([n+]2[O-])-c2cc(CCCN4CCCC4)ccc2NCC3)cc(OC)c1. The molecule has 35 heavy (non-hydrogen) atoms. The minimum Gasteiger partial charge on any atom is -0.740 e. The predicted octanol–water partition coefficient (Wildman–Crippen LogP) is 4.14. The maximum Gasteiger partial charge on any atom is 0.397 e. The molecule has 0 unspecified atom stereocenters. The summed E-state index contributed by atoms with van der Waals surface area (Å²) in [6.07, 6.45) is 7.29. The molecule has 8 heteroatoms. The summed E-state index contributed by atoms with van der Waals surface area (Å²) in [7, 11) is 3.19. The lowest BCUT2D eigenvalue weighted by Gasteiger charge is -2.18. The average Bonchev–Trinajstić information content (AvgIpc) is 3.32. The number of ether oxygens (including phenoxy) is 2. The zero-order valence-electron chi connectivity index (χ0n) is 20.5. The first-order chi connectivity index (χ1) is 17.1. The van der Waals surface area contributed by atoms with Gasteiger partial charge in [0.05, 0.1) is 14.2 Å². The molecule has 2 aliphatic rings. The number of likely N-dealkylation sites (tertiary alicyclic amines) is 1. The molecule has 2 aromatic carbocycles. The maximum atomic E-state index is 13.6. The summed E-state index contributed by atoms with van der Waals surface area (Å²) >= 11 is 0. The number of rotatable bonds is 8. The normalized spacial score (nSPS) is 15.0. The van der Waals surface area contributed by atoms with Crippen molar-refractivity contribution in [2.24, 2.45) is 0 Å². The van der Waals surface area contributed by atoms with Gasteiger partial charge >= 0.3 is 5.95 Å². The lowest BCUT2D eigenvalue weighted by atomic mass is 10.00. The van der Waals surface area contributed by atoms with Gasteiger partial charge in [-0.05, 0) is 69.4 Å². The number of fused-ring (bicyclic) bond motifs is 3. The Morgan fingerprint density at radius 2 is 1.86 bits per heavy atom. The number of benzene rings is 2. The van der Waals surface area contributed by atoms with Crippen LogP contribution in [0.4, 0.5) is 17.3 Å². The van der Waals surface area contributed by atoms with Crippen LogP contribution < -0.4 is 24.8 Å². The first-order valence-electron chi connectivity index (χ1n) is 12.4. The number of nitrogens with zero attached hydrogens (tertiary/aromatic N) is 3. The fourth-order valence-electron chi connectivity index (χ4n) is 4.99. The second-order valence-electron chi connectivity index (χ2n) is 9.19. The first-order valence-corrected chi connectivity index (χ1v) is 12.4. The van der Waals surface area contributed by atoms with Gasteiger partial charge in [-0.2, -0.15) is 0 Å². The Morgan fingerprint density at radius 1 is 1.09 bits per heavy atom. The molecule has 3 heterocycles. The Kier molecular flexibility index (Phi) is 6.90. The Bertz CT molecular complexity index is 1170. The molecule has 0 bridgehead atoms. The molecule has 0 spiro atoms. The molecule has 0 saturated carbocycles. The quantitative estimate of drug-likeness (QED) is 0.374. The highest BCUT2D eigenvalue weighted by molar-refractivity contribution is 5.78. The van der Waals surface area contributed by atoms with Gasteiger partial charge < -0.3 is 24.9 Å². The largest absolute Gasteiger partial charge is 0.740 e. The molecule has 0 atom stereocenters. The highest BCUT2D eigenvalue weighted by Gasteiger charge is 2.23. The third kappa shape index (κ3) is 5.12. The third-order valence-corrected chi connectivity index (χ3v) is 6.84. The summed E-state index contributed by atoms with van der Waals surface area (Å²) in [5.41, 5.74) is 5.42. The van der Waals surface area contributed by atoms with Crippen LogP contribution in [-0.2, 0) is 12.8 Å². The first kappa shape index (κ1) is 23.2. The number of aromatic nitrogens is 2. The van der Waals surface area contributed by atoms with Gasteiger partial charge in [0.25, 0.3) is 0 Å². The fraction of sp³-hybridized carbons (Fsp3) is 0.407. The number of hydrogen-bond donors (Lipinski definition) is 2. The van der Waals surface area contributed by atoms with E-state index in [9.17, 15) is 5.21 Å². The summed E-state index contributed by atoms with van der Waals surface area (Å²) in [5.74, 6) is 1.48. The topological polar surface area (TPSA) is 85.6 Å². The van der Waals surface area contributed by atoms with Crippen molar-refractivity contribution in [3.63, 3.8) is 0 Å². The second kappa shape index (κ2) is 10.4. The molecule has 0 amide bonds. The van der Waals surface area contributed by atoms with Crippen LogP contribution in [0.2, 0.25) is 0 Å². The van der Waals surface area contributed by atoms with Crippen LogP contribution in [0, 0.1) is 5.21 Å². The van der Waals surface area contributed by atoms with E-state index in [1.165, 1.54) is 31.5 Å². The molecule has 3 aromatic rings. The lowest BCUT2D eigenvalue weighted by molar-refractivity contribution is -0.581. The van der Waals surface area contributed by atoms with Gasteiger partial charge in [0.1, 0.15) is 29.1 Å². The fourth-order valence-corrected chi connectivity index (χ4v) is 4.99. The van der Waals surface area contributed by atoms with Crippen LogP contribution in [0.1, 0.15) is 30.4 Å². The standard InChI is InChI=1S/C27H33N5O3/c1-34-22-15-21(16-23(17-22)35-2)30-27-29-18-20-9-10-28-25-8-7-19(14-24(25)26(20)32(27)33)6-5-13-31-11-3-4-12-31/h7-8,14-18,28H,3-6,9-13H2,1-2H3,(H,29,30). The van der Waals surface area contributed by atoms with Gasteiger partial charge in [-0.1, -0.05) is 11.1 Å². The second-order valence-corrected chi connectivity index (χ2v) is 9.19. The van der Waals surface area contributed by atoms with E-state index in [0.29, 0.717) is 22.9 Å². The van der Waals surface area contributed by atoms with Gasteiger partial charge in [0.2, 0.25) is 0 Å². The minimum atomic E-state index is 0.214. The van der Waals surface area contributed by atoms with E-state index in [4.69, 9.17) is 9.47 Å². The molecule has 1 saturated heterocycles. The molecule has 8 nitrogen and oxygen atoms in total. The van der Waals surface area contributed by atoms with E-state index in [-0.39, 0.29) is 5.95 Å². The number of hydrogen-bond acceptors (Lipinski definition) is 7. The number of aryl methyl sites for hydroxylation is 1. The zero-order valence-corrected chi connectivity index (χ0v) is 20.5. The van der Waals surface area contributed by atoms with E-state index in [2.05, 4.69) is 38.7 Å². The molecule has 2 N–H and O–H groups in total. The van der Waals surface area contributed by atoms with Gasteiger partial charge in [-0.25, -0.2) is 10.0 Å². The van der Waals surface area contributed by atoms with Gasteiger partial charge in [-0.15, -0.1) is 0 Å². The molecular weight excluding hydrogens is 442 g/mol. The van der Waals surface area contributed by atoms with Crippen LogP contribution in [0.15, 0.2) is 42.6 Å². The number of nitrogens with one attached hydrogen (secondary N) is 2. The van der Waals surface area contributed by atoms with Crippen molar-refractivity contribution in [3.8, 4) is 22.8 Å². The Morgan fingerprint density at radius 3 is 2.60 bits per heavy atom. The van der Waals surface area contributed by atoms with Crippen molar-refractivity contribution in [2.75, 3.05) is 51.0 Å². The third-order valence-electron chi connectivity index (χ3n) is 6.84. The van der Waals surface area contributed by atoms with Crippen molar-refractivity contribution in [3.05, 3.63) is 58.9 Å². The monoisotopic (exact) mass is 475 g/mol. The van der Waals surface area contributed by atoms with Crippen molar-refractivity contribution in [1.82, 2.24) is 9.88 Å². The molecule has 5 rings (SSSR count). The van der Waals surface area contributed by atoms with E-state index in [1.54, 1.807) is 26.5 Å². The van der Waals surface area contributed by atoms with E-state index < -0.39 is 0 Å². The molecule has 0 aliphatic carbocycles. The van der Waals surface area contributed by atoms with E-state index in [1.807, 2.05) is 12.1 Å². The van der Waals surface area contributed by atoms with Crippen molar-refractivity contribution in [2.45, 2.75) is 32.1 Å². The molecule has 2 aliphatic heterocycles. The summed E-state index contributed by atoms with van der Waals surface area (Å²) in [6.45, 7) is 4.34. The average molecular weight is 476 g/mol. The van der Waals surface area contributed by atoms with Gasteiger partial charge in [0, 0.05) is 41.6 Å². The summed E-state index contributed by atoms with van der Waals surface area (Å²) in [4.78, 5) is 7.00. The number of methoxy groups -OCH3 is 2. The smallest absolute Gasteiger partial charge is 0.397 e. The van der Waals surface area contributed by atoms with Crippen LogP contribution in [0.25, 0.3) is 11.3 Å². The van der Waals surface area contributed by atoms with Crippen molar-refractivity contribution in [1.29, 1.82) is 0 Å². The summed E-state index contributed by atoms with van der Waals surface area (Å²) in [6, 6.07) is 11.9. The van der Waals surface area contributed by atoms with Crippen LogP contribution in [-0.4, -0.2) is 50.3 Å². The highest BCUT2D eigenvalue weighted by atomic mass is 16.5. The molecule has 1 fully saturated rings. The molecular formula is C27H33N5O3. The van der Waals surface area contributed by atoms with Crippen molar-refractivity contribution < 1.29 is 14.2 Å². The van der Waals surface area contributed by atoms with Gasteiger partial charge in [0.15, 0.2) is 0 Å². The Labute approximate surface area is 206 Å². The van der Waals surface area contributed by atoms with Crippen LogP contribution >= 0.6 is 0 Å². The minimum absolute atomic E-state index is 0.214. The van der Waals surface area contributed by atoms with E-state index >= 15 is 0 Å². The van der Waals surface area contributed by atoms with Crippen molar-refractivity contribution >= 4 is 17.3 Å². The highest BCUT2D eigenvalue weighted by Crippen LogP contribution is 2.33. The van der Waals surface area contributed by atoms with Crippen LogP contribution in [0.3, 0.4) is 0 Å². The van der Waals surface area contributed by atoms with Gasteiger partial charge in [-0.3, -0.25) is 0 Å². The molecule has 1 aromatic heterocycles. The maximum absolute atomic E-state index is 13.6. The summed E-state index contributed by atoms with van der Waals surface area (Å²) in [5, 5.41) is 20.3. The molecule has 184 valence electrons. The Hall–Kier alpha value is -3.52. The Balaban J connectivity index is 1.44. The zero-order chi connectivity index (χ0) is 24.2.